The van der Waals surface area contributed by atoms with Gasteiger partial charge in [0.2, 0.25) is 6.10 Å². The normalized spacial score (nSPS) is 25.1. The molecule has 2 aliphatic rings. The van der Waals surface area contributed by atoms with Crippen LogP contribution in [0.15, 0.2) is 24.3 Å². The molecule has 1 fully saturated rings. The van der Waals surface area contributed by atoms with E-state index < -0.39 is 6.10 Å². The predicted octanol–water partition coefficient (Wildman–Crippen LogP) is 0.647. The van der Waals surface area contributed by atoms with E-state index in [4.69, 9.17) is 9.47 Å². The van der Waals surface area contributed by atoms with Gasteiger partial charge in [-0.3, -0.25) is 4.79 Å². The third-order valence-electron chi connectivity index (χ3n) is 3.71. The van der Waals surface area contributed by atoms with E-state index in [1.54, 1.807) is 4.90 Å². The first-order chi connectivity index (χ1) is 9.25. The van der Waals surface area contributed by atoms with Gasteiger partial charge < -0.3 is 19.7 Å². The zero-order valence-corrected chi connectivity index (χ0v) is 11.0. The lowest BCUT2D eigenvalue weighted by atomic mass is 10.2. The molecule has 2 aliphatic heterocycles. The number of hydrogen-bond donors (Lipinski definition) is 1. The fourth-order valence-corrected chi connectivity index (χ4v) is 2.52. The van der Waals surface area contributed by atoms with Crippen LogP contribution in [0, 0.1) is 0 Å². The van der Waals surface area contributed by atoms with Crippen molar-refractivity contribution in [3.63, 3.8) is 0 Å². The first-order valence-corrected chi connectivity index (χ1v) is 6.61. The Morgan fingerprint density at radius 3 is 2.89 bits per heavy atom. The van der Waals surface area contributed by atoms with E-state index in [0.29, 0.717) is 11.5 Å². The number of amides is 1. The molecule has 2 atom stereocenters. The fraction of sp³-hybridized carbons (Fsp3) is 0.500. The van der Waals surface area contributed by atoms with Crippen LogP contribution in [0.5, 0.6) is 11.5 Å². The Bertz CT molecular complexity index is 472. The van der Waals surface area contributed by atoms with Gasteiger partial charge in [0, 0.05) is 19.6 Å². The number of likely N-dealkylation sites (N-methyl/N-ethyl adjacent to an activating group) is 1. The molecule has 1 aromatic rings. The summed E-state index contributed by atoms with van der Waals surface area (Å²) < 4.78 is 11.3. The van der Waals surface area contributed by atoms with E-state index in [1.165, 1.54) is 0 Å². The number of fused-ring (bicyclic) bond motifs is 1. The van der Waals surface area contributed by atoms with Crippen LogP contribution >= 0.6 is 0 Å². The molecule has 0 radical (unpaired) electrons. The van der Waals surface area contributed by atoms with E-state index in [2.05, 4.69) is 5.32 Å². The second-order valence-electron chi connectivity index (χ2n) is 4.96. The molecule has 1 N–H and O–H groups in total. The maximum atomic E-state index is 12.4. The van der Waals surface area contributed by atoms with Crippen molar-refractivity contribution in [1.29, 1.82) is 0 Å². The van der Waals surface area contributed by atoms with Crippen LogP contribution in [0.2, 0.25) is 0 Å². The standard InChI is InChI=1S/C14H18N2O3/c1-16(10-6-7-15-8-10)14(17)13-9-18-11-4-2-3-5-12(11)19-13/h2-5,10,13,15H,6-9H2,1H3/t10-,13?/m1/s1. The topological polar surface area (TPSA) is 50.8 Å². The summed E-state index contributed by atoms with van der Waals surface area (Å²) in [5.41, 5.74) is 0. The molecule has 3 rings (SSSR count). The molecule has 0 spiro atoms. The Labute approximate surface area is 112 Å². The van der Waals surface area contributed by atoms with Crippen LogP contribution in [0.4, 0.5) is 0 Å². The molecular formula is C14H18N2O3. The molecule has 0 aromatic heterocycles. The molecule has 102 valence electrons. The molecule has 0 saturated carbocycles. The summed E-state index contributed by atoms with van der Waals surface area (Å²) in [5.74, 6) is 1.34. The van der Waals surface area contributed by atoms with Crippen molar-refractivity contribution in [2.24, 2.45) is 0 Å². The van der Waals surface area contributed by atoms with E-state index in [9.17, 15) is 4.79 Å². The monoisotopic (exact) mass is 262 g/mol. The molecule has 1 amide bonds. The number of nitrogens with one attached hydrogen (secondary N) is 1. The fourth-order valence-electron chi connectivity index (χ4n) is 2.52. The van der Waals surface area contributed by atoms with Crippen molar-refractivity contribution in [2.75, 3.05) is 26.7 Å². The van der Waals surface area contributed by atoms with Gasteiger partial charge in [0.1, 0.15) is 6.61 Å². The molecule has 1 saturated heterocycles. The van der Waals surface area contributed by atoms with Crippen LogP contribution in [0.1, 0.15) is 6.42 Å². The smallest absolute Gasteiger partial charge is 0.267 e. The van der Waals surface area contributed by atoms with Crippen molar-refractivity contribution in [3.8, 4) is 11.5 Å². The van der Waals surface area contributed by atoms with Crippen molar-refractivity contribution >= 4 is 5.91 Å². The molecule has 2 heterocycles. The number of hydrogen-bond acceptors (Lipinski definition) is 4. The Morgan fingerprint density at radius 2 is 2.16 bits per heavy atom. The van der Waals surface area contributed by atoms with Gasteiger partial charge in [0.25, 0.3) is 5.91 Å². The number of benzene rings is 1. The molecule has 0 aliphatic carbocycles. The minimum Gasteiger partial charge on any atom is -0.485 e. The average Bonchev–Trinajstić information content (AvgIpc) is 2.99. The van der Waals surface area contributed by atoms with Crippen molar-refractivity contribution in [2.45, 2.75) is 18.6 Å². The van der Waals surface area contributed by atoms with Crippen LogP contribution in [0.25, 0.3) is 0 Å². The second-order valence-corrected chi connectivity index (χ2v) is 4.96. The van der Waals surface area contributed by atoms with Crippen LogP contribution in [0.3, 0.4) is 0 Å². The van der Waals surface area contributed by atoms with Crippen LogP contribution in [-0.4, -0.2) is 49.7 Å². The molecule has 0 bridgehead atoms. The summed E-state index contributed by atoms with van der Waals surface area (Å²) in [4.78, 5) is 14.2. The van der Waals surface area contributed by atoms with Crippen molar-refractivity contribution < 1.29 is 14.3 Å². The highest BCUT2D eigenvalue weighted by molar-refractivity contribution is 5.82. The molecular weight excluding hydrogens is 244 g/mol. The first kappa shape index (κ1) is 12.3. The summed E-state index contributed by atoms with van der Waals surface area (Å²) in [5, 5.41) is 3.26. The van der Waals surface area contributed by atoms with Gasteiger partial charge in [-0.1, -0.05) is 12.1 Å². The van der Waals surface area contributed by atoms with Crippen LogP contribution < -0.4 is 14.8 Å². The molecule has 5 nitrogen and oxygen atoms in total. The van der Waals surface area contributed by atoms with E-state index in [1.807, 2.05) is 31.3 Å². The lowest BCUT2D eigenvalue weighted by molar-refractivity contribution is -0.141. The maximum absolute atomic E-state index is 12.4. The molecule has 19 heavy (non-hydrogen) atoms. The minimum atomic E-state index is -0.541. The largest absolute Gasteiger partial charge is 0.485 e. The third-order valence-corrected chi connectivity index (χ3v) is 3.71. The minimum absolute atomic E-state index is 0.0109. The highest BCUT2D eigenvalue weighted by Gasteiger charge is 2.33. The van der Waals surface area contributed by atoms with Crippen molar-refractivity contribution in [3.05, 3.63) is 24.3 Å². The summed E-state index contributed by atoms with van der Waals surface area (Å²) in [6, 6.07) is 7.70. The van der Waals surface area contributed by atoms with E-state index >= 15 is 0 Å². The summed E-state index contributed by atoms with van der Waals surface area (Å²) in [6.07, 6.45) is 0.451. The summed E-state index contributed by atoms with van der Waals surface area (Å²) in [6.45, 7) is 2.10. The van der Waals surface area contributed by atoms with Gasteiger partial charge in [0.05, 0.1) is 0 Å². The molecule has 5 heteroatoms. The number of rotatable bonds is 2. The quantitative estimate of drug-likeness (QED) is 0.850. The lowest BCUT2D eigenvalue weighted by Crippen LogP contribution is -2.49. The highest BCUT2D eigenvalue weighted by Crippen LogP contribution is 2.31. The number of nitrogens with zero attached hydrogens (tertiary/aromatic N) is 1. The highest BCUT2D eigenvalue weighted by atomic mass is 16.6. The number of ether oxygens (including phenoxy) is 2. The van der Waals surface area contributed by atoms with Gasteiger partial charge in [0.15, 0.2) is 11.5 Å². The van der Waals surface area contributed by atoms with E-state index in [0.717, 1.165) is 19.5 Å². The Balaban J connectivity index is 1.68. The average molecular weight is 262 g/mol. The zero-order chi connectivity index (χ0) is 13.2. The lowest BCUT2D eigenvalue weighted by Gasteiger charge is -2.31. The number of carbonyl (C=O) groups excluding carboxylic acids is 1. The maximum Gasteiger partial charge on any atom is 0.267 e. The Morgan fingerprint density at radius 1 is 1.37 bits per heavy atom. The van der Waals surface area contributed by atoms with Gasteiger partial charge in [-0.15, -0.1) is 0 Å². The Hall–Kier alpha value is -1.75. The molecule has 1 unspecified atom stereocenters. The summed E-state index contributed by atoms with van der Waals surface area (Å²) >= 11 is 0. The Kier molecular flexibility index (Phi) is 3.29. The molecule has 1 aromatic carbocycles. The van der Waals surface area contributed by atoms with Gasteiger partial charge in [-0.2, -0.15) is 0 Å². The zero-order valence-electron chi connectivity index (χ0n) is 11.0. The van der Waals surface area contributed by atoms with Gasteiger partial charge in [-0.05, 0) is 25.1 Å². The van der Waals surface area contributed by atoms with Crippen LogP contribution in [-0.2, 0) is 4.79 Å². The van der Waals surface area contributed by atoms with Crippen molar-refractivity contribution in [1.82, 2.24) is 10.2 Å². The number of carbonyl (C=O) groups is 1. The second kappa shape index (κ2) is 5.09. The summed E-state index contributed by atoms with van der Waals surface area (Å²) in [7, 11) is 1.84. The van der Waals surface area contributed by atoms with E-state index in [-0.39, 0.29) is 18.6 Å². The predicted molar refractivity (Wildman–Crippen MR) is 70.4 cm³/mol. The van der Waals surface area contributed by atoms with Gasteiger partial charge >= 0.3 is 0 Å². The first-order valence-electron chi connectivity index (χ1n) is 6.61. The number of para-hydroxylation sites is 2. The van der Waals surface area contributed by atoms with Gasteiger partial charge in [-0.25, -0.2) is 0 Å². The third kappa shape index (κ3) is 2.38. The SMILES string of the molecule is CN(C(=O)C1COc2ccccc2O1)[C@@H]1CCNC1.